The molecule has 1 saturated carbocycles. The largest absolute Gasteiger partial charge is 0.586 e. The molecule has 3 aromatic rings. The van der Waals surface area contributed by atoms with Crippen LogP contribution in [0.15, 0.2) is 54.6 Å². The first-order valence-electron chi connectivity index (χ1n) is 14.5. The van der Waals surface area contributed by atoms with Crippen LogP contribution >= 0.6 is 13.5 Å². The van der Waals surface area contributed by atoms with Crippen molar-refractivity contribution in [1.82, 2.24) is 4.98 Å². The molecule has 1 amide bonds. The Balaban J connectivity index is 0.000000342. The lowest BCUT2D eigenvalue weighted by molar-refractivity contribution is -0.286. The Morgan fingerprint density at radius 3 is 2.32 bits per heavy atom. The molecule has 4 N–H and O–H groups in total. The van der Waals surface area contributed by atoms with Gasteiger partial charge in [-0.05, 0) is 55.2 Å². The number of nitrogens with zero attached hydrogens (tertiary/aromatic N) is 1. The number of aliphatic carboxylic acids is 1. The number of aromatic nitrogens is 1. The van der Waals surface area contributed by atoms with E-state index in [1.807, 2.05) is 19.1 Å². The average molecular weight is 678 g/mol. The number of carboxylic acid groups (broad SMARTS) is 1. The van der Waals surface area contributed by atoms with Gasteiger partial charge in [-0.3, -0.25) is 9.59 Å². The number of carbonyl (C=O) groups is 3. The van der Waals surface area contributed by atoms with Crippen LogP contribution in [-0.4, -0.2) is 80.7 Å². The van der Waals surface area contributed by atoms with Crippen molar-refractivity contribution in [2.45, 2.75) is 31.5 Å². The zero-order valence-electron chi connectivity index (χ0n) is 25.6. The minimum Gasteiger partial charge on any atom is -0.480 e. The normalized spacial score (nSPS) is 14.6. The number of benzene rings is 2. The van der Waals surface area contributed by atoms with Gasteiger partial charge in [-0.15, -0.1) is 8.78 Å². The van der Waals surface area contributed by atoms with Crippen molar-refractivity contribution in [1.29, 1.82) is 0 Å². The van der Waals surface area contributed by atoms with Crippen molar-refractivity contribution in [3.63, 3.8) is 0 Å². The molecule has 1 fully saturated rings. The summed E-state index contributed by atoms with van der Waals surface area (Å²) in [6.45, 7) is 4.26. The second-order valence-electron chi connectivity index (χ2n) is 10.4. The number of amides is 1. The summed E-state index contributed by atoms with van der Waals surface area (Å²) in [5, 5.41) is 11.1. The lowest BCUT2D eigenvalue weighted by Gasteiger charge is -2.17. The molecule has 0 saturated heterocycles. The Morgan fingerprint density at radius 1 is 0.979 bits per heavy atom. The highest BCUT2D eigenvalue weighted by molar-refractivity contribution is 7.59. The number of aryl methyl sites for hydroxylation is 1. The van der Waals surface area contributed by atoms with Crippen LogP contribution in [0.25, 0.3) is 11.3 Å². The standard InChI is InChI=1S/C24H18F2N2O4.C8H17NO5.H2S/c1-14-5-8-20(27-21(14)16-4-2-3-15(11-16)13-29)28-22(30)23(9-10-23)17-6-7-18-19(12-17)32-24(25,26)31-18;9-1-2-12-3-4-13-5-6-14-7-8(10)11;/h2-8,11-13H,9-10H2,1H3,(H,27,28,30);1-7,9H2,(H,10,11);1H2. The molecule has 15 heteroatoms. The maximum atomic E-state index is 13.3. The van der Waals surface area contributed by atoms with Gasteiger partial charge in [0.1, 0.15) is 18.7 Å². The molecule has 2 aliphatic rings. The summed E-state index contributed by atoms with van der Waals surface area (Å²) in [4.78, 5) is 38.8. The zero-order chi connectivity index (χ0) is 33.2. The molecule has 1 aliphatic heterocycles. The highest BCUT2D eigenvalue weighted by Crippen LogP contribution is 2.52. The van der Waals surface area contributed by atoms with Gasteiger partial charge in [0.25, 0.3) is 0 Å². The van der Waals surface area contributed by atoms with Crippen molar-refractivity contribution < 1.29 is 52.0 Å². The van der Waals surface area contributed by atoms with E-state index in [1.54, 1.807) is 30.3 Å². The molecule has 47 heavy (non-hydrogen) atoms. The topological polar surface area (TPSA) is 169 Å². The van der Waals surface area contributed by atoms with Gasteiger partial charge in [0, 0.05) is 17.7 Å². The summed E-state index contributed by atoms with van der Waals surface area (Å²) in [7, 11) is 0. The number of halogens is 2. The van der Waals surface area contributed by atoms with Crippen molar-refractivity contribution in [3.8, 4) is 22.8 Å². The number of aldehydes is 1. The maximum absolute atomic E-state index is 13.3. The smallest absolute Gasteiger partial charge is 0.480 e. The predicted molar refractivity (Wildman–Crippen MR) is 172 cm³/mol. The van der Waals surface area contributed by atoms with E-state index in [2.05, 4.69) is 19.8 Å². The Bertz CT molecular complexity index is 1540. The van der Waals surface area contributed by atoms with Gasteiger partial charge in [0.15, 0.2) is 11.5 Å². The van der Waals surface area contributed by atoms with E-state index in [0.29, 0.717) is 68.5 Å². The molecule has 2 heterocycles. The van der Waals surface area contributed by atoms with Crippen LogP contribution < -0.4 is 20.5 Å². The second kappa shape index (κ2) is 17.1. The Labute approximate surface area is 276 Å². The van der Waals surface area contributed by atoms with E-state index in [-0.39, 0.29) is 44.1 Å². The van der Waals surface area contributed by atoms with Crippen LogP contribution in [0.2, 0.25) is 0 Å². The second-order valence-corrected chi connectivity index (χ2v) is 10.4. The molecule has 0 radical (unpaired) electrons. The van der Waals surface area contributed by atoms with Gasteiger partial charge >= 0.3 is 12.3 Å². The van der Waals surface area contributed by atoms with Crippen LogP contribution in [0, 0.1) is 6.92 Å². The Hall–Kier alpha value is -4.15. The first-order chi connectivity index (χ1) is 22.1. The number of nitrogens with two attached hydrogens (primary N) is 1. The molecule has 0 spiro atoms. The number of carboxylic acids is 1. The SMILES string of the molecule is Cc1ccc(NC(=O)C2(c3ccc4c(c3)OC(F)(F)O4)CC2)nc1-c1cccc(C=O)c1.NCCOCCOCCOCC(=O)O.S. The molecular formula is C32H37F2N3O9S. The fraction of sp³-hybridized carbons (Fsp3) is 0.375. The number of rotatable bonds is 15. The number of anilines is 1. The van der Waals surface area contributed by atoms with E-state index in [4.69, 9.17) is 25.1 Å². The van der Waals surface area contributed by atoms with E-state index in [1.165, 1.54) is 12.1 Å². The zero-order valence-corrected chi connectivity index (χ0v) is 26.6. The lowest BCUT2D eigenvalue weighted by atomic mass is 9.94. The maximum Gasteiger partial charge on any atom is 0.586 e. The first kappa shape index (κ1) is 37.3. The molecule has 0 atom stereocenters. The molecule has 12 nitrogen and oxygen atoms in total. The summed E-state index contributed by atoms with van der Waals surface area (Å²) in [5.74, 6) is -1.02. The Kier molecular flexibility index (Phi) is 13.6. The quantitative estimate of drug-likeness (QED) is 0.157. The number of ether oxygens (including phenoxy) is 5. The van der Waals surface area contributed by atoms with E-state index < -0.39 is 17.7 Å². The molecular weight excluding hydrogens is 640 g/mol. The predicted octanol–water partition coefficient (Wildman–Crippen LogP) is 4.05. The number of fused-ring (bicyclic) bond motifs is 1. The summed E-state index contributed by atoms with van der Waals surface area (Å²) < 4.78 is 50.5. The summed E-state index contributed by atoms with van der Waals surface area (Å²) in [6, 6.07) is 15.0. The minimum atomic E-state index is -3.71. The van der Waals surface area contributed by atoms with Crippen LogP contribution in [0.5, 0.6) is 11.5 Å². The van der Waals surface area contributed by atoms with Gasteiger partial charge in [-0.1, -0.05) is 30.3 Å². The number of hydrogen-bond donors (Lipinski definition) is 3. The van der Waals surface area contributed by atoms with Crippen LogP contribution in [-0.2, 0) is 29.2 Å². The molecule has 254 valence electrons. The third-order valence-electron chi connectivity index (χ3n) is 7.00. The van der Waals surface area contributed by atoms with Crippen molar-refractivity contribution >= 4 is 37.5 Å². The van der Waals surface area contributed by atoms with Crippen LogP contribution in [0.1, 0.15) is 34.3 Å². The number of carbonyl (C=O) groups excluding carboxylic acids is 2. The number of hydrogen-bond acceptors (Lipinski definition) is 10. The molecule has 0 bridgehead atoms. The van der Waals surface area contributed by atoms with Crippen LogP contribution in [0.3, 0.4) is 0 Å². The Morgan fingerprint density at radius 2 is 1.66 bits per heavy atom. The molecule has 5 rings (SSSR count). The van der Waals surface area contributed by atoms with Crippen molar-refractivity contribution in [3.05, 3.63) is 71.3 Å². The van der Waals surface area contributed by atoms with Crippen molar-refractivity contribution in [2.24, 2.45) is 5.73 Å². The van der Waals surface area contributed by atoms with Gasteiger partial charge in [-0.25, -0.2) is 9.78 Å². The molecule has 1 aromatic heterocycles. The third kappa shape index (κ3) is 10.4. The molecule has 0 unspecified atom stereocenters. The highest BCUT2D eigenvalue weighted by atomic mass is 32.1. The fourth-order valence-corrected chi connectivity index (χ4v) is 4.59. The van der Waals surface area contributed by atoms with Crippen molar-refractivity contribution in [2.75, 3.05) is 51.5 Å². The highest BCUT2D eigenvalue weighted by Gasteiger charge is 2.53. The summed E-state index contributed by atoms with van der Waals surface area (Å²) >= 11 is 0. The molecule has 2 aromatic carbocycles. The number of pyridine rings is 1. The van der Waals surface area contributed by atoms with Gasteiger partial charge in [0.05, 0.1) is 44.1 Å². The summed E-state index contributed by atoms with van der Waals surface area (Å²) in [6.07, 6.45) is -1.78. The van der Waals surface area contributed by atoms with Gasteiger partial charge < -0.3 is 39.8 Å². The lowest BCUT2D eigenvalue weighted by Crippen LogP contribution is -2.28. The molecule has 1 aliphatic carbocycles. The minimum absolute atomic E-state index is 0. The summed E-state index contributed by atoms with van der Waals surface area (Å²) in [5.41, 5.74) is 7.79. The number of nitrogens with one attached hydrogen (secondary N) is 1. The van der Waals surface area contributed by atoms with E-state index in [9.17, 15) is 23.2 Å². The van der Waals surface area contributed by atoms with Gasteiger partial charge in [0.2, 0.25) is 5.91 Å². The van der Waals surface area contributed by atoms with E-state index in [0.717, 1.165) is 17.4 Å². The van der Waals surface area contributed by atoms with Crippen LogP contribution in [0.4, 0.5) is 14.6 Å². The monoisotopic (exact) mass is 677 g/mol. The fourth-order valence-electron chi connectivity index (χ4n) is 4.59. The number of alkyl halides is 2. The third-order valence-corrected chi connectivity index (χ3v) is 7.00. The first-order valence-corrected chi connectivity index (χ1v) is 14.5. The van der Waals surface area contributed by atoms with Gasteiger partial charge in [-0.2, -0.15) is 13.5 Å². The van der Waals surface area contributed by atoms with E-state index >= 15 is 0 Å². The average Bonchev–Trinajstić information content (AvgIpc) is 3.78.